The zero-order valence-corrected chi connectivity index (χ0v) is 20.2. The van der Waals surface area contributed by atoms with Crippen LogP contribution in [0.3, 0.4) is 0 Å². The number of nitrogens with one attached hydrogen (secondary N) is 1. The van der Waals surface area contributed by atoms with Gasteiger partial charge in [-0.25, -0.2) is 18.8 Å². The summed E-state index contributed by atoms with van der Waals surface area (Å²) in [6.07, 6.45) is 4.53. The monoisotopic (exact) mass is 512 g/mol. The Kier molecular flexibility index (Phi) is 7.27. The van der Waals surface area contributed by atoms with Gasteiger partial charge in [-0.05, 0) is 24.6 Å². The van der Waals surface area contributed by atoms with Gasteiger partial charge in [0.2, 0.25) is 5.95 Å². The van der Waals surface area contributed by atoms with E-state index in [1.54, 1.807) is 37.1 Å². The number of hydrogen-bond acceptors (Lipinski definition) is 9. The number of rotatable bonds is 8. The fourth-order valence-corrected chi connectivity index (χ4v) is 3.93. The molecule has 11 nitrogen and oxygen atoms in total. The smallest absolute Gasteiger partial charge is 0.270 e. The molecule has 13 heteroatoms. The summed E-state index contributed by atoms with van der Waals surface area (Å²) < 4.78 is 28.7. The number of aliphatic hydroxyl groups is 2. The van der Waals surface area contributed by atoms with Crippen molar-refractivity contribution in [1.29, 1.82) is 0 Å². The molecule has 194 valence electrons. The fraction of sp³-hybridized carbons (Fsp3) is 0.292. The first kappa shape index (κ1) is 25.9. The number of hydrogen-bond donors (Lipinski definition) is 4. The van der Waals surface area contributed by atoms with Crippen LogP contribution in [0.25, 0.3) is 0 Å². The molecular formula is C24H26F2N8O3. The van der Waals surface area contributed by atoms with Gasteiger partial charge in [-0.15, -0.1) is 0 Å². The van der Waals surface area contributed by atoms with Gasteiger partial charge in [-0.1, -0.05) is 6.07 Å². The summed E-state index contributed by atoms with van der Waals surface area (Å²) in [5.74, 6) is -1.52. The van der Waals surface area contributed by atoms with E-state index in [2.05, 4.69) is 25.4 Å². The van der Waals surface area contributed by atoms with E-state index >= 15 is 0 Å². The third-order valence-corrected chi connectivity index (χ3v) is 6.18. The first-order valence-corrected chi connectivity index (χ1v) is 11.3. The normalized spacial score (nSPS) is 15.6. The van der Waals surface area contributed by atoms with E-state index < -0.39 is 36.3 Å². The summed E-state index contributed by atoms with van der Waals surface area (Å²) >= 11 is 0. The average molecular weight is 513 g/mol. The summed E-state index contributed by atoms with van der Waals surface area (Å²) in [5, 5.41) is 27.5. The largest absolute Gasteiger partial charge is 0.394 e. The summed E-state index contributed by atoms with van der Waals surface area (Å²) in [6, 6.07) is 4.96. The van der Waals surface area contributed by atoms with Gasteiger partial charge in [-0.2, -0.15) is 10.1 Å². The highest BCUT2D eigenvalue weighted by atomic mass is 19.2. The molecule has 0 saturated carbocycles. The van der Waals surface area contributed by atoms with E-state index in [0.29, 0.717) is 17.2 Å². The number of anilines is 2. The third kappa shape index (κ3) is 5.17. The van der Waals surface area contributed by atoms with Gasteiger partial charge in [0.15, 0.2) is 17.5 Å². The SMILES string of the molecule is Cc1cnc(Nc2ccnn2C)nc1N=CC1=C(N)C(=O)N(Cc2ccc(F)c(F)c2)C(CO)(CO)C1. The van der Waals surface area contributed by atoms with Crippen molar-refractivity contribution in [2.75, 3.05) is 18.5 Å². The Morgan fingerprint density at radius 1 is 1.24 bits per heavy atom. The average Bonchev–Trinajstić information content (AvgIpc) is 3.29. The number of aryl methyl sites for hydroxylation is 2. The van der Waals surface area contributed by atoms with Crippen LogP contribution in [0, 0.1) is 18.6 Å². The highest BCUT2D eigenvalue weighted by Crippen LogP contribution is 2.33. The Morgan fingerprint density at radius 2 is 2.00 bits per heavy atom. The second-order valence-corrected chi connectivity index (χ2v) is 8.72. The molecule has 3 heterocycles. The minimum Gasteiger partial charge on any atom is -0.394 e. The molecule has 0 fully saturated rings. The Hall–Kier alpha value is -4.23. The lowest BCUT2D eigenvalue weighted by molar-refractivity contribution is -0.141. The maximum atomic E-state index is 13.7. The number of carbonyl (C=O) groups excluding carboxylic acids is 1. The van der Waals surface area contributed by atoms with Crippen LogP contribution in [0.15, 0.2) is 52.9 Å². The molecule has 5 N–H and O–H groups in total. The maximum absolute atomic E-state index is 13.7. The van der Waals surface area contributed by atoms with Crippen LogP contribution < -0.4 is 11.1 Å². The van der Waals surface area contributed by atoms with Crippen LogP contribution in [-0.4, -0.2) is 65.7 Å². The molecule has 0 saturated heterocycles. The molecule has 2 aromatic heterocycles. The Morgan fingerprint density at radius 3 is 2.65 bits per heavy atom. The summed E-state index contributed by atoms with van der Waals surface area (Å²) in [6.45, 7) is 0.361. The van der Waals surface area contributed by atoms with Crippen molar-refractivity contribution in [2.45, 2.75) is 25.4 Å². The van der Waals surface area contributed by atoms with Crippen LogP contribution in [0.5, 0.6) is 0 Å². The maximum Gasteiger partial charge on any atom is 0.270 e. The predicted molar refractivity (Wildman–Crippen MR) is 131 cm³/mol. The van der Waals surface area contributed by atoms with Crippen molar-refractivity contribution in [3.63, 3.8) is 0 Å². The van der Waals surface area contributed by atoms with Gasteiger partial charge in [0.05, 0.1) is 24.9 Å². The Labute approximate surface area is 211 Å². The molecule has 1 amide bonds. The van der Waals surface area contributed by atoms with E-state index in [0.717, 1.165) is 17.0 Å². The molecule has 0 atom stereocenters. The van der Waals surface area contributed by atoms with Crippen molar-refractivity contribution in [3.8, 4) is 0 Å². The zero-order chi connectivity index (χ0) is 26.7. The van der Waals surface area contributed by atoms with Gasteiger partial charge in [0.25, 0.3) is 5.91 Å². The molecule has 0 bridgehead atoms. The van der Waals surface area contributed by atoms with Crippen molar-refractivity contribution in [3.05, 3.63) is 70.7 Å². The highest BCUT2D eigenvalue weighted by molar-refractivity contribution is 6.01. The van der Waals surface area contributed by atoms with Crippen LogP contribution >= 0.6 is 0 Å². The number of carbonyl (C=O) groups is 1. The summed E-state index contributed by atoms with van der Waals surface area (Å²) in [4.78, 5) is 27.4. The lowest BCUT2D eigenvalue weighted by Crippen LogP contribution is -2.60. The van der Waals surface area contributed by atoms with Gasteiger partial charge in [0, 0.05) is 49.6 Å². The van der Waals surface area contributed by atoms with Crippen LogP contribution in [0.4, 0.5) is 26.4 Å². The number of amides is 1. The first-order valence-electron chi connectivity index (χ1n) is 11.3. The molecule has 1 aliphatic rings. The number of halogens is 2. The Balaban J connectivity index is 1.63. The van der Waals surface area contributed by atoms with Gasteiger partial charge in [-0.3, -0.25) is 9.48 Å². The molecule has 3 aromatic rings. The van der Waals surface area contributed by atoms with E-state index in [9.17, 15) is 23.8 Å². The number of benzene rings is 1. The molecule has 1 aromatic carbocycles. The van der Waals surface area contributed by atoms with E-state index in [1.807, 2.05) is 0 Å². The number of nitrogens with zero attached hydrogens (tertiary/aromatic N) is 6. The van der Waals surface area contributed by atoms with Crippen molar-refractivity contribution in [1.82, 2.24) is 24.6 Å². The van der Waals surface area contributed by atoms with Gasteiger partial charge in [0.1, 0.15) is 11.5 Å². The quantitative estimate of drug-likeness (QED) is 0.332. The highest BCUT2D eigenvalue weighted by Gasteiger charge is 2.44. The number of aromatic nitrogens is 4. The lowest BCUT2D eigenvalue weighted by Gasteiger charge is -2.45. The molecule has 1 aliphatic heterocycles. The Bertz CT molecular complexity index is 1380. The van der Waals surface area contributed by atoms with E-state index in [4.69, 9.17) is 5.73 Å². The summed E-state index contributed by atoms with van der Waals surface area (Å²) in [5.41, 5.74) is 5.75. The fourth-order valence-electron chi connectivity index (χ4n) is 3.93. The van der Waals surface area contributed by atoms with Crippen LogP contribution in [-0.2, 0) is 18.4 Å². The molecule has 0 unspecified atom stereocenters. The molecule has 37 heavy (non-hydrogen) atoms. The molecule has 4 rings (SSSR count). The number of aliphatic imine (C=N–C) groups is 1. The van der Waals surface area contributed by atoms with Crippen molar-refractivity contribution < 1.29 is 23.8 Å². The molecular weight excluding hydrogens is 486 g/mol. The number of nitrogens with two attached hydrogens (primary N) is 1. The van der Waals surface area contributed by atoms with Crippen LogP contribution in [0.2, 0.25) is 0 Å². The van der Waals surface area contributed by atoms with E-state index in [-0.39, 0.29) is 35.7 Å². The van der Waals surface area contributed by atoms with Gasteiger partial charge >= 0.3 is 0 Å². The molecule has 0 aliphatic carbocycles. The molecule has 0 spiro atoms. The standard InChI is InChI=1S/C24H26F2N8O3/c1-14-9-29-23(31-19-5-6-30-33(19)2)32-21(14)28-10-16-8-24(12-35,13-36)34(22(37)20(16)27)11-15-3-4-17(25)18(26)7-15/h3-7,9-10,35-36H,8,11-13,27H2,1-2H3,(H,29,31,32). The first-order chi connectivity index (χ1) is 17.7. The van der Waals surface area contributed by atoms with Crippen molar-refractivity contribution in [2.24, 2.45) is 17.8 Å². The molecule has 0 radical (unpaired) electrons. The predicted octanol–water partition coefficient (Wildman–Crippen LogP) is 1.61. The third-order valence-electron chi connectivity index (χ3n) is 6.18. The van der Waals surface area contributed by atoms with Crippen LogP contribution in [0.1, 0.15) is 17.5 Å². The second kappa shape index (κ2) is 10.4. The van der Waals surface area contributed by atoms with Crippen molar-refractivity contribution >= 4 is 29.7 Å². The minimum atomic E-state index is -1.45. The summed E-state index contributed by atoms with van der Waals surface area (Å²) in [7, 11) is 1.76. The second-order valence-electron chi connectivity index (χ2n) is 8.72. The minimum absolute atomic E-state index is 0.0327. The zero-order valence-electron chi connectivity index (χ0n) is 20.2. The topological polar surface area (TPSA) is 155 Å². The van der Waals surface area contributed by atoms with E-state index in [1.165, 1.54) is 12.3 Å². The number of aliphatic hydroxyl groups excluding tert-OH is 2. The van der Waals surface area contributed by atoms with Gasteiger partial charge < -0.3 is 26.2 Å². The lowest BCUT2D eigenvalue weighted by atomic mass is 9.85.